The van der Waals surface area contributed by atoms with Gasteiger partial charge in [-0.2, -0.15) is 0 Å². The Balaban J connectivity index is 3.02. The second kappa shape index (κ2) is 5.28. The van der Waals surface area contributed by atoms with Gasteiger partial charge in [0.05, 0.1) is 0 Å². The van der Waals surface area contributed by atoms with E-state index in [4.69, 9.17) is 14.6 Å². The minimum Gasteiger partial charge on any atom is -0.479 e. The van der Waals surface area contributed by atoms with Gasteiger partial charge in [0.25, 0.3) is 0 Å². The van der Waals surface area contributed by atoms with Crippen molar-refractivity contribution in [1.29, 1.82) is 0 Å². The third kappa shape index (κ3) is 2.43. The third-order valence-electron chi connectivity index (χ3n) is 2.89. The van der Waals surface area contributed by atoms with E-state index in [-0.39, 0.29) is 13.0 Å². The maximum Gasteiger partial charge on any atom is 0.335 e. The lowest BCUT2D eigenvalue weighted by Crippen LogP contribution is -2.66. The number of aliphatic hydroxyl groups excluding tert-OH is 3. The van der Waals surface area contributed by atoms with Gasteiger partial charge in [0, 0.05) is 13.0 Å². The van der Waals surface area contributed by atoms with Crippen molar-refractivity contribution in [2.24, 2.45) is 0 Å². The highest BCUT2D eigenvalue weighted by atomic mass is 16.7. The average Bonchev–Trinajstić information content (AvgIpc) is 2.30. The SMILES string of the molecule is CCOC1(CC)O[C@H](C(=O)O)[C@H](O)[C@H](O)[C@H]1O. The highest BCUT2D eigenvalue weighted by molar-refractivity contribution is 5.73. The maximum absolute atomic E-state index is 10.9. The summed E-state index contributed by atoms with van der Waals surface area (Å²) in [6.07, 6.45) is -6.30. The fraction of sp³-hybridized carbons (Fsp3) is 0.900. The molecule has 5 atom stereocenters. The summed E-state index contributed by atoms with van der Waals surface area (Å²) in [5.74, 6) is -3.02. The van der Waals surface area contributed by atoms with Crippen LogP contribution in [0.5, 0.6) is 0 Å². The Morgan fingerprint density at radius 3 is 2.29 bits per heavy atom. The molecule has 100 valence electrons. The molecule has 1 fully saturated rings. The van der Waals surface area contributed by atoms with Gasteiger partial charge in [-0.3, -0.25) is 0 Å². The standard InChI is InChI=1S/C10H18O7/c1-3-10(16-4-2)8(13)6(12)5(11)7(17-10)9(14)15/h5-8,11-13H,3-4H2,1-2H3,(H,14,15)/t5-,6+,7+,8-,10?/m1/s1. The molecule has 0 saturated carbocycles. The molecule has 4 N–H and O–H groups in total. The molecule has 7 heteroatoms. The summed E-state index contributed by atoms with van der Waals surface area (Å²) in [6.45, 7) is 3.46. The van der Waals surface area contributed by atoms with E-state index in [0.29, 0.717) is 0 Å². The summed E-state index contributed by atoms with van der Waals surface area (Å²) in [5.41, 5.74) is 0. The number of carbonyl (C=O) groups is 1. The number of carboxylic acid groups (broad SMARTS) is 1. The number of hydrogen-bond acceptors (Lipinski definition) is 6. The Hall–Kier alpha value is -0.730. The van der Waals surface area contributed by atoms with E-state index in [1.54, 1.807) is 13.8 Å². The lowest BCUT2D eigenvalue weighted by atomic mass is 9.91. The van der Waals surface area contributed by atoms with Crippen molar-refractivity contribution in [1.82, 2.24) is 0 Å². The van der Waals surface area contributed by atoms with Crippen LogP contribution in [0.1, 0.15) is 20.3 Å². The monoisotopic (exact) mass is 250 g/mol. The zero-order chi connectivity index (χ0) is 13.2. The topological polar surface area (TPSA) is 116 Å². The highest BCUT2D eigenvalue weighted by Gasteiger charge is 2.55. The van der Waals surface area contributed by atoms with E-state index >= 15 is 0 Å². The second-order valence-electron chi connectivity index (χ2n) is 3.90. The molecule has 0 aliphatic carbocycles. The van der Waals surface area contributed by atoms with Crippen LogP contribution in [0.2, 0.25) is 0 Å². The van der Waals surface area contributed by atoms with Crippen LogP contribution < -0.4 is 0 Å². The molecule has 0 aromatic heterocycles. The van der Waals surface area contributed by atoms with E-state index in [0.717, 1.165) is 0 Å². The van der Waals surface area contributed by atoms with E-state index in [9.17, 15) is 20.1 Å². The number of carboxylic acids is 1. The summed E-state index contributed by atoms with van der Waals surface area (Å²) in [7, 11) is 0. The largest absolute Gasteiger partial charge is 0.479 e. The smallest absolute Gasteiger partial charge is 0.335 e. The predicted octanol–water partition coefficient (Wildman–Crippen LogP) is -1.30. The molecular weight excluding hydrogens is 232 g/mol. The van der Waals surface area contributed by atoms with Gasteiger partial charge < -0.3 is 29.9 Å². The van der Waals surface area contributed by atoms with Gasteiger partial charge in [0.2, 0.25) is 0 Å². The van der Waals surface area contributed by atoms with Crippen LogP contribution in [0.3, 0.4) is 0 Å². The first-order chi connectivity index (χ1) is 7.89. The molecule has 0 aromatic carbocycles. The first-order valence-electron chi connectivity index (χ1n) is 5.48. The second-order valence-corrected chi connectivity index (χ2v) is 3.90. The minimum atomic E-state index is -1.69. The van der Waals surface area contributed by atoms with Crippen molar-refractivity contribution in [3.8, 4) is 0 Å². The molecule has 0 spiro atoms. The van der Waals surface area contributed by atoms with Crippen molar-refractivity contribution in [2.45, 2.75) is 50.5 Å². The van der Waals surface area contributed by atoms with E-state index < -0.39 is 36.2 Å². The number of hydrogen-bond donors (Lipinski definition) is 4. The third-order valence-corrected chi connectivity index (χ3v) is 2.89. The van der Waals surface area contributed by atoms with Crippen molar-refractivity contribution in [2.75, 3.05) is 6.61 Å². The van der Waals surface area contributed by atoms with Crippen molar-refractivity contribution >= 4 is 5.97 Å². The van der Waals surface area contributed by atoms with E-state index in [2.05, 4.69) is 0 Å². The number of rotatable bonds is 4. The molecule has 1 rings (SSSR count). The van der Waals surface area contributed by atoms with Gasteiger partial charge in [-0.25, -0.2) is 4.79 Å². The van der Waals surface area contributed by atoms with Crippen LogP contribution in [-0.2, 0) is 14.3 Å². The molecule has 1 unspecified atom stereocenters. The molecule has 7 nitrogen and oxygen atoms in total. The lowest BCUT2D eigenvalue weighted by molar-refractivity contribution is -0.356. The van der Waals surface area contributed by atoms with E-state index in [1.807, 2.05) is 0 Å². The molecule has 1 saturated heterocycles. The normalized spacial score (nSPS) is 42.4. The molecule has 0 aromatic rings. The van der Waals surface area contributed by atoms with Gasteiger partial charge in [-0.05, 0) is 6.92 Å². The molecule has 1 aliphatic heterocycles. The van der Waals surface area contributed by atoms with Crippen LogP contribution in [-0.4, -0.2) is 63.2 Å². The van der Waals surface area contributed by atoms with Gasteiger partial charge in [-0.15, -0.1) is 0 Å². The Morgan fingerprint density at radius 1 is 1.29 bits per heavy atom. The molecule has 1 heterocycles. The van der Waals surface area contributed by atoms with Crippen LogP contribution in [0, 0.1) is 0 Å². The van der Waals surface area contributed by atoms with Crippen molar-refractivity contribution < 1.29 is 34.7 Å². The fourth-order valence-corrected chi connectivity index (χ4v) is 1.94. The quantitative estimate of drug-likeness (QED) is 0.489. The van der Waals surface area contributed by atoms with E-state index in [1.165, 1.54) is 0 Å². The summed E-state index contributed by atoms with van der Waals surface area (Å²) in [4.78, 5) is 10.9. The Kier molecular flexibility index (Phi) is 4.45. The van der Waals surface area contributed by atoms with Crippen molar-refractivity contribution in [3.63, 3.8) is 0 Å². The maximum atomic E-state index is 10.9. The minimum absolute atomic E-state index is 0.148. The number of aliphatic carboxylic acids is 1. The molecular formula is C10H18O7. The summed E-state index contributed by atoms with van der Waals surface area (Å²) < 4.78 is 10.4. The molecule has 17 heavy (non-hydrogen) atoms. The average molecular weight is 250 g/mol. The Morgan fingerprint density at radius 2 is 1.88 bits per heavy atom. The van der Waals surface area contributed by atoms with Gasteiger partial charge in [0.1, 0.15) is 18.3 Å². The first kappa shape index (κ1) is 14.3. The highest BCUT2D eigenvalue weighted by Crippen LogP contribution is 2.33. The molecule has 0 amide bonds. The fourth-order valence-electron chi connectivity index (χ4n) is 1.94. The number of ether oxygens (including phenoxy) is 2. The molecule has 0 bridgehead atoms. The summed E-state index contributed by atoms with van der Waals surface area (Å²) in [5, 5.41) is 37.8. The zero-order valence-electron chi connectivity index (χ0n) is 9.74. The Bertz CT molecular complexity index is 282. The van der Waals surface area contributed by atoms with Gasteiger partial charge in [0.15, 0.2) is 11.9 Å². The molecule has 0 radical (unpaired) electrons. The van der Waals surface area contributed by atoms with Crippen LogP contribution in [0.25, 0.3) is 0 Å². The van der Waals surface area contributed by atoms with Crippen LogP contribution in [0.4, 0.5) is 0 Å². The molecule has 1 aliphatic rings. The van der Waals surface area contributed by atoms with Gasteiger partial charge in [-0.1, -0.05) is 6.92 Å². The summed E-state index contributed by atoms with van der Waals surface area (Å²) >= 11 is 0. The Labute approximate surface area is 98.6 Å². The van der Waals surface area contributed by atoms with Crippen LogP contribution >= 0.6 is 0 Å². The van der Waals surface area contributed by atoms with Crippen LogP contribution in [0.15, 0.2) is 0 Å². The number of aliphatic hydroxyl groups is 3. The first-order valence-corrected chi connectivity index (χ1v) is 5.48. The lowest BCUT2D eigenvalue weighted by Gasteiger charge is -2.46. The summed E-state index contributed by atoms with van der Waals surface area (Å²) in [6, 6.07) is 0. The van der Waals surface area contributed by atoms with Gasteiger partial charge >= 0.3 is 5.97 Å². The predicted molar refractivity (Wildman–Crippen MR) is 55.2 cm³/mol. The zero-order valence-corrected chi connectivity index (χ0v) is 9.74. The van der Waals surface area contributed by atoms with Crippen molar-refractivity contribution in [3.05, 3.63) is 0 Å².